The molecule has 0 unspecified atom stereocenters. The summed E-state index contributed by atoms with van der Waals surface area (Å²) in [7, 11) is 0. The van der Waals surface area contributed by atoms with E-state index in [9.17, 15) is 0 Å². The smallest absolute Gasteiger partial charge is 0.236 e. The zero-order valence-electron chi connectivity index (χ0n) is 9.99. The van der Waals surface area contributed by atoms with Crippen LogP contribution in [0.25, 0.3) is 10.8 Å². The van der Waals surface area contributed by atoms with Crippen molar-refractivity contribution in [3.63, 3.8) is 0 Å². The van der Waals surface area contributed by atoms with Crippen LogP contribution in [0, 0.1) is 0 Å². The third kappa shape index (κ3) is 2.93. The molecule has 0 aliphatic rings. The Kier molecular flexibility index (Phi) is 3.74. The molecular formula is C12H11BrN4OS. The Balaban J connectivity index is 1.72. The maximum absolute atomic E-state index is 5.47. The maximum Gasteiger partial charge on any atom is 0.236 e. The summed E-state index contributed by atoms with van der Waals surface area (Å²) in [4.78, 5) is 5.48. The second-order valence-corrected chi connectivity index (χ2v) is 5.71. The largest absolute Gasteiger partial charge is 0.443 e. The lowest BCUT2D eigenvalue weighted by Crippen LogP contribution is -2.00. The van der Waals surface area contributed by atoms with Crippen LogP contribution < -0.4 is 0 Å². The maximum atomic E-state index is 5.47. The Morgan fingerprint density at radius 1 is 1.37 bits per heavy atom. The van der Waals surface area contributed by atoms with Crippen molar-refractivity contribution in [2.24, 2.45) is 0 Å². The predicted octanol–water partition coefficient (Wildman–Crippen LogP) is 2.98. The zero-order valence-corrected chi connectivity index (χ0v) is 12.4. The molecule has 3 aromatic heterocycles. The number of thiophene rings is 1. The van der Waals surface area contributed by atoms with E-state index in [1.165, 1.54) is 0 Å². The Morgan fingerprint density at radius 3 is 3.11 bits per heavy atom. The summed E-state index contributed by atoms with van der Waals surface area (Å²) in [5.74, 6) is 0.658. The lowest BCUT2D eigenvalue weighted by atomic mass is 10.4. The van der Waals surface area contributed by atoms with E-state index < -0.39 is 0 Å². The molecule has 0 spiro atoms. The zero-order chi connectivity index (χ0) is 13.1. The van der Waals surface area contributed by atoms with Crippen LogP contribution in [0.1, 0.15) is 11.4 Å². The molecule has 0 radical (unpaired) electrons. The SMILES string of the molecule is BrCCc1cn(Cc2coc(-c3cccs3)n2)nn1. The van der Waals surface area contributed by atoms with E-state index in [0.717, 1.165) is 28.0 Å². The highest BCUT2D eigenvalue weighted by Gasteiger charge is 2.09. The first-order valence-corrected chi connectivity index (χ1v) is 7.78. The minimum Gasteiger partial charge on any atom is -0.443 e. The molecule has 98 valence electrons. The van der Waals surface area contributed by atoms with Crippen LogP contribution in [0.5, 0.6) is 0 Å². The van der Waals surface area contributed by atoms with Crippen molar-refractivity contribution in [1.82, 2.24) is 20.0 Å². The van der Waals surface area contributed by atoms with Gasteiger partial charge in [0, 0.05) is 17.9 Å². The summed E-state index contributed by atoms with van der Waals surface area (Å²) >= 11 is 4.99. The van der Waals surface area contributed by atoms with Crippen LogP contribution in [0.2, 0.25) is 0 Å². The molecule has 0 aliphatic carbocycles. The van der Waals surface area contributed by atoms with Crippen molar-refractivity contribution in [2.75, 3.05) is 5.33 Å². The summed E-state index contributed by atoms with van der Waals surface area (Å²) in [5.41, 5.74) is 1.82. The summed E-state index contributed by atoms with van der Waals surface area (Å²) in [5, 5.41) is 11.0. The number of aryl methyl sites for hydroxylation is 1. The van der Waals surface area contributed by atoms with Gasteiger partial charge >= 0.3 is 0 Å². The molecule has 5 nitrogen and oxygen atoms in total. The fourth-order valence-electron chi connectivity index (χ4n) is 1.69. The van der Waals surface area contributed by atoms with Gasteiger partial charge in [-0.2, -0.15) is 0 Å². The highest BCUT2D eigenvalue weighted by atomic mass is 79.9. The quantitative estimate of drug-likeness (QED) is 0.671. The van der Waals surface area contributed by atoms with E-state index in [2.05, 4.69) is 31.2 Å². The van der Waals surface area contributed by atoms with E-state index in [-0.39, 0.29) is 0 Å². The average molecular weight is 339 g/mol. The van der Waals surface area contributed by atoms with Gasteiger partial charge in [-0.3, -0.25) is 0 Å². The standard InChI is InChI=1S/C12H11BrN4OS/c13-4-3-9-6-17(16-15-9)7-10-8-18-12(14-10)11-2-1-5-19-11/h1-2,5-6,8H,3-4,7H2. The van der Waals surface area contributed by atoms with Crippen LogP contribution >= 0.6 is 27.3 Å². The van der Waals surface area contributed by atoms with E-state index in [4.69, 9.17) is 4.42 Å². The average Bonchev–Trinajstić information content (AvgIpc) is 3.10. The topological polar surface area (TPSA) is 56.7 Å². The Morgan fingerprint density at radius 2 is 2.32 bits per heavy atom. The Bertz CT molecular complexity index is 646. The minimum absolute atomic E-state index is 0.574. The fraction of sp³-hybridized carbons (Fsp3) is 0.250. The predicted molar refractivity (Wildman–Crippen MR) is 76.4 cm³/mol. The van der Waals surface area contributed by atoms with E-state index >= 15 is 0 Å². The first-order chi connectivity index (χ1) is 9.35. The van der Waals surface area contributed by atoms with Gasteiger partial charge in [-0.15, -0.1) is 16.4 Å². The van der Waals surface area contributed by atoms with Gasteiger partial charge in [-0.1, -0.05) is 27.2 Å². The molecule has 0 amide bonds. The summed E-state index contributed by atoms with van der Waals surface area (Å²) in [6.45, 7) is 0.574. The number of halogens is 1. The van der Waals surface area contributed by atoms with Crippen LogP contribution in [0.3, 0.4) is 0 Å². The highest BCUT2D eigenvalue weighted by Crippen LogP contribution is 2.23. The van der Waals surface area contributed by atoms with Crippen molar-refractivity contribution < 1.29 is 4.42 Å². The molecule has 0 bridgehead atoms. The van der Waals surface area contributed by atoms with E-state index in [1.54, 1.807) is 22.3 Å². The molecular weight excluding hydrogens is 328 g/mol. The second kappa shape index (κ2) is 5.66. The molecule has 3 rings (SSSR count). The number of alkyl halides is 1. The minimum atomic E-state index is 0.574. The van der Waals surface area contributed by atoms with Gasteiger partial charge in [0.1, 0.15) is 12.0 Å². The third-order valence-electron chi connectivity index (χ3n) is 2.54. The molecule has 3 aromatic rings. The van der Waals surface area contributed by atoms with E-state index in [1.807, 2.05) is 23.7 Å². The molecule has 0 aliphatic heterocycles. The molecule has 0 saturated heterocycles. The van der Waals surface area contributed by atoms with Gasteiger partial charge in [0.15, 0.2) is 0 Å². The molecule has 0 fully saturated rings. The first-order valence-electron chi connectivity index (χ1n) is 5.78. The highest BCUT2D eigenvalue weighted by molar-refractivity contribution is 9.09. The Hall–Kier alpha value is -1.47. The monoisotopic (exact) mass is 338 g/mol. The van der Waals surface area contributed by atoms with Gasteiger partial charge in [0.2, 0.25) is 5.89 Å². The summed E-state index contributed by atoms with van der Waals surface area (Å²) < 4.78 is 7.24. The molecule has 0 N–H and O–H groups in total. The molecule has 0 aromatic carbocycles. The number of hydrogen-bond acceptors (Lipinski definition) is 5. The van der Waals surface area contributed by atoms with E-state index in [0.29, 0.717) is 12.4 Å². The number of nitrogens with zero attached hydrogens (tertiary/aromatic N) is 4. The molecule has 7 heteroatoms. The molecule has 3 heterocycles. The van der Waals surface area contributed by atoms with Gasteiger partial charge in [0.05, 0.1) is 17.1 Å². The van der Waals surface area contributed by atoms with Crippen LogP contribution in [-0.2, 0) is 13.0 Å². The number of oxazole rings is 1. The van der Waals surface area contributed by atoms with Gasteiger partial charge < -0.3 is 4.42 Å². The van der Waals surface area contributed by atoms with Crippen molar-refractivity contribution in [1.29, 1.82) is 0 Å². The second-order valence-electron chi connectivity index (χ2n) is 3.97. The molecule has 0 saturated carbocycles. The lowest BCUT2D eigenvalue weighted by Gasteiger charge is -1.93. The lowest BCUT2D eigenvalue weighted by molar-refractivity contribution is 0.569. The van der Waals surface area contributed by atoms with Gasteiger partial charge in [-0.25, -0.2) is 9.67 Å². The number of aromatic nitrogens is 4. The van der Waals surface area contributed by atoms with Gasteiger partial charge in [-0.05, 0) is 11.4 Å². The van der Waals surface area contributed by atoms with Crippen molar-refractivity contribution in [3.8, 4) is 10.8 Å². The van der Waals surface area contributed by atoms with Crippen LogP contribution in [-0.4, -0.2) is 25.3 Å². The molecule has 0 atom stereocenters. The Labute approximate surface area is 122 Å². The molecule has 19 heavy (non-hydrogen) atoms. The van der Waals surface area contributed by atoms with Crippen molar-refractivity contribution >= 4 is 27.3 Å². The fourth-order valence-corrected chi connectivity index (χ4v) is 2.75. The summed E-state index contributed by atoms with van der Waals surface area (Å²) in [6, 6.07) is 3.97. The van der Waals surface area contributed by atoms with Gasteiger partial charge in [0.25, 0.3) is 0 Å². The van der Waals surface area contributed by atoms with Crippen LogP contribution in [0.4, 0.5) is 0 Å². The van der Waals surface area contributed by atoms with Crippen molar-refractivity contribution in [3.05, 3.63) is 41.4 Å². The van der Waals surface area contributed by atoms with Crippen molar-refractivity contribution in [2.45, 2.75) is 13.0 Å². The first kappa shape index (κ1) is 12.6. The third-order valence-corrected chi connectivity index (χ3v) is 3.80. The number of rotatable bonds is 5. The number of hydrogen-bond donors (Lipinski definition) is 0. The van der Waals surface area contributed by atoms with Crippen LogP contribution in [0.15, 0.2) is 34.4 Å². The normalized spacial score (nSPS) is 11.0. The summed E-state index contributed by atoms with van der Waals surface area (Å²) in [6.07, 6.45) is 4.47.